The first-order valence-electron chi connectivity index (χ1n) is 4.30. The van der Waals surface area contributed by atoms with Crippen molar-refractivity contribution in [2.45, 2.75) is 26.3 Å². The Labute approximate surface area is 83.5 Å². The van der Waals surface area contributed by atoms with E-state index in [1.165, 1.54) is 5.56 Å². The summed E-state index contributed by atoms with van der Waals surface area (Å²) < 4.78 is 0. The summed E-state index contributed by atoms with van der Waals surface area (Å²) in [5.41, 5.74) is 4.41. The molecule has 13 heavy (non-hydrogen) atoms. The van der Waals surface area contributed by atoms with Gasteiger partial charge in [-0.25, -0.2) is 5.48 Å². The topological polar surface area (TPSA) is 32.3 Å². The van der Waals surface area contributed by atoms with Gasteiger partial charge in [-0.05, 0) is 29.2 Å². The van der Waals surface area contributed by atoms with Gasteiger partial charge in [0.2, 0.25) is 0 Å². The Bertz CT molecular complexity index is 286. The summed E-state index contributed by atoms with van der Waals surface area (Å²) >= 11 is 5.85. The second-order valence-corrected chi connectivity index (χ2v) is 3.77. The van der Waals surface area contributed by atoms with Crippen LogP contribution in [-0.4, -0.2) is 5.21 Å². The molecule has 2 nitrogen and oxygen atoms in total. The van der Waals surface area contributed by atoms with Crippen LogP contribution < -0.4 is 5.48 Å². The predicted molar refractivity (Wildman–Crippen MR) is 54.2 cm³/mol. The summed E-state index contributed by atoms with van der Waals surface area (Å²) in [6.07, 6.45) is 0. The molecule has 0 bridgehead atoms. The number of benzene rings is 1. The lowest BCUT2D eigenvalue weighted by Gasteiger charge is -2.12. The van der Waals surface area contributed by atoms with Crippen molar-refractivity contribution in [1.29, 1.82) is 0 Å². The van der Waals surface area contributed by atoms with Crippen molar-refractivity contribution < 1.29 is 5.21 Å². The average Bonchev–Trinajstić information content (AvgIpc) is 2.04. The second-order valence-electron chi connectivity index (χ2n) is 3.33. The molecule has 0 saturated heterocycles. The Hall–Kier alpha value is -0.570. The Morgan fingerprint density at radius 1 is 1.46 bits per heavy atom. The molecule has 0 aliphatic carbocycles. The molecular formula is C10H14ClNO. The largest absolute Gasteiger partial charge is 0.316 e. The summed E-state index contributed by atoms with van der Waals surface area (Å²) in [5, 5.41) is 9.33. The number of nitrogens with one attached hydrogen (secondary N) is 1. The van der Waals surface area contributed by atoms with Crippen LogP contribution in [0, 0.1) is 0 Å². The van der Waals surface area contributed by atoms with Crippen LogP contribution in [0.5, 0.6) is 0 Å². The Morgan fingerprint density at radius 3 is 2.69 bits per heavy atom. The average molecular weight is 200 g/mol. The van der Waals surface area contributed by atoms with Gasteiger partial charge in [0, 0.05) is 11.6 Å². The quantitative estimate of drug-likeness (QED) is 0.734. The van der Waals surface area contributed by atoms with Crippen molar-refractivity contribution in [2.75, 3.05) is 0 Å². The predicted octanol–water partition coefficient (Wildman–Crippen LogP) is 2.94. The highest BCUT2D eigenvalue weighted by atomic mass is 35.5. The Kier molecular flexibility index (Phi) is 3.72. The van der Waals surface area contributed by atoms with Crippen LogP contribution in [-0.2, 0) is 6.54 Å². The van der Waals surface area contributed by atoms with Crippen LogP contribution in [0.25, 0.3) is 0 Å². The van der Waals surface area contributed by atoms with Crippen molar-refractivity contribution in [1.82, 2.24) is 5.48 Å². The van der Waals surface area contributed by atoms with E-state index in [-0.39, 0.29) is 0 Å². The van der Waals surface area contributed by atoms with E-state index < -0.39 is 0 Å². The van der Waals surface area contributed by atoms with Crippen LogP contribution in [0.1, 0.15) is 30.9 Å². The fourth-order valence-corrected chi connectivity index (χ4v) is 1.57. The zero-order valence-electron chi connectivity index (χ0n) is 7.84. The van der Waals surface area contributed by atoms with Gasteiger partial charge in [-0.1, -0.05) is 31.5 Å². The van der Waals surface area contributed by atoms with Gasteiger partial charge in [-0.15, -0.1) is 0 Å². The highest BCUT2D eigenvalue weighted by molar-refractivity contribution is 6.30. The van der Waals surface area contributed by atoms with Crippen LogP contribution >= 0.6 is 11.6 Å². The van der Waals surface area contributed by atoms with E-state index in [1.807, 2.05) is 18.2 Å². The molecule has 0 saturated carbocycles. The molecule has 1 rings (SSSR count). The zero-order chi connectivity index (χ0) is 9.84. The van der Waals surface area contributed by atoms with Gasteiger partial charge in [-0.3, -0.25) is 0 Å². The molecule has 0 atom stereocenters. The van der Waals surface area contributed by atoms with Crippen LogP contribution in [0.2, 0.25) is 5.02 Å². The summed E-state index contributed by atoms with van der Waals surface area (Å²) in [5.74, 6) is 0.445. The van der Waals surface area contributed by atoms with Crippen molar-refractivity contribution in [3.63, 3.8) is 0 Å². The molecule has 0 aliphatic rings. The second kappa shape index (κ2) is 4.61. The third kappa shape index (κ3) is 2.69. The summed E-state index contributed by atoms with van der Waals surface area (Å²) in [6, 6.07) is 5.75. The molecule has 1 aromatic carbocycles. The Morgan fingerprint density at radius 2 is 2.15 bits per heavy atom. The highest BCUT2D eigenvalue weighted by Crippen LogP contribution is 2.22. The molecule has 0 radical (unpaired) electrons. The molecule has 0 unspecified atom stereocenters. The maximum absolute atomic E-state index is 8.62. The van der Waals surface area contributed by atoms with Gasteiger partial charge in [0.05, 0.1) is 0 Å². The number of rotatable bonds is 3. The van der Waals surface area contributed by atoms with E-state index in [1.54, 1.807) is 0 Å². The van der Waals surface area contributed by atoms with Crippen LogP contribution in [0.15, 0.2) is 18.2 Å². The van der Waals surface area contributed by atoms with Crippen molar-refractivity contribution in [3.8, 4) is 0 Å². The summed E-state index contributed by atoms with van der Waals surface area (Å²) in [7, 11) is 0. The summed E-state index contributed by atoms with van der Waals surface area (Å²) in [6.45, 7) is 4.67. The first-order chi connectivity index (χ1) is 6.15. The highest BCUT2D eigenvalue weighted by Gasteiger charge is 2.06. The van der Waals surface area contributed by atoms with E-state index in [0.29, 0.717) is 17.5 Å². The third-order valence-corrected chi connectivity index (χ3v) is 2.23. The monoisotopic (exact) mass is 199 g/mol. The molecule has 1 aromatic rings. The molecule has 0 amide bonds. The molecular weight excluding hydrogens is 186 g/mol. The maximum atomic E-state index is 8.62. The molecule has 0 spiro atoms. The van der Waals surface area contributed by atoms with Gasteiger partial charge in [0.25, 0.3) is 0 Å². The number of hydrogen-bond acceptors (Lipinski definition) is 2. The van der Waals surface area contributed by atoms with Gasteiger partial charge in [-0.2, -0.15) is 0 Å². The molecule has 2 N–H and O–H groups in total. The third-order valence-electron chi connectivity index (χ3n) is 2.00. The lowest BCUT2D eigenvalue weighted by molar-refractivity contribution is 0.161. The standard InChI is InChI=1S/C10H14ClNO/c1-7(2)10-4-3-9(11)5-8(10)6-12-13/h3-5,7,12-13H,6H2,1-2H3. The minimum Gasteiger partial charge on any atom is -0.316 e. The minimum absolute atomic E-state index is 0.439. The lowest BCUT2D eigenvalue weighted by Crippen LogP contribution is -2.09. The maximum Gasteiger partial charge on any atom is 0.0461 e. The van der Waals surface area contributed by atoms with Crippen molar-refractivity contribution in [2.24, 2.45) is 0 Å². The summed E-state index contributed by atoms with van der Waals surface area (Å²) in [4.78, 5) is 0. The first kappa shape index (κ1) is 10.5. The van der Waals surface area contributed by atoms with Crippen LogP contribution in [0.3, 0.4) is 0 Å². The molecule has 0 fully saturated rings. The number of hydroxylamine groups is 1. The molecule has 0 aliphatic heterocycles. The van der Waals surface area contributed by atoms with E-state index in [0.717, 1.165) is 5.56 Å². The van der Waals surface area contributed by atoms with Gasteiger partial charge < -0.3 is 5.21 Å². The van der Waals surface area contributed by atoms with Crippen LogP contribution in [0.4, 0.5) is 0 Å². The SMILES string of the molecule is CC(C)c1ccc(Cl)cc1CNO. The molecule has 0 heterocycles. The van der Waals surface area contributed by atoms with Crippen molar-refractivity contribution >= 4 is 11.6 Å². The fraction of sp³-hybridized carbons (Fsp3) is 0.400. The normalized spacial score (nSPS) is 10.8. The smallest absolute Gasteiger partial charge is 0.0461 e. The molecule has 72 valence electrons. The lowest BCUT2D eigenvalue weighted by atomic mass is 9.97. The number of halogens is 1. The molecule has 3 heteroatoms. The first-order valence-corrected chi connectivity index (χ1v) is 4.68. The van der Waals surface area contributed by atoms with E-state index >= 15 is 0 Å². The van der Waals surface area contributed by atoms with E-state index in [9.17, 15) is 0 Å². The van der Waals surface area contributed by atoms with Crippen molar-refractivity contribution in [3.05, 3.63) is 34.3 Å². The van der Waals surface area contributed by atoms with E-state index in [4.69, 9.17) is 16.8 Å². The van der Waals surface area contributed by atoms with Gasteiger partial charge in [0.15, 0.2) is 0 Å². The molecule has 0 aromatic heterocycles. The number of hydrogen-bond donors (Lipinski definition) is 2. The fourth-order valence-electron chi connectivity index (χ4n) is 1.38. The van der Waals surface area contributed by atoms with E-state index in [2.05, 4.69) is 19.3 Å². The van der Waals surface area contributed by atoms with Gasteiger partial charge >= 0.3 is 0 Å². The zero-order valence-corrected chi connectivity index (χ0v) is 8.60. The Balaban J connectivity index is 3.03. The van der Waals surface area contributed by atoms with Gasteiger partial charge in [0.1, 0.15) is 0 Å². The minimum atomic E-state index is 0.439.